The van der Waals surface area contributed by atoms with Crippen molar-refractivity contribution in [2.24, 2.45) is 0 Å². The maximum absolute atomic E-state index is 12.4. The van der Waals surface area contributed by atoms with Crippen LogP contribution in [0.5, 0.6) is 0 Å². The van der Waals surface area contributed by atoms with Gasteiger partial charge in [0.15, 0.2) is 0 Å². The topological polar surface area (TPSA) is 57.2 Å². The highest BCUT2D eigenvalue weighted by Crippen LogP contribution is 2.31. The number of rotatable bonds is 22. The highest BCUT2D eigenvalue weighted by atomic mass is 32.2. The lowest BCUT2D eigenvalue weighted by molar-refractivity contribution is 0.461. The van der Waals surface area contributed by atoms with E-state index in [9.17, 15) is 13.0 Å². The summed E-state index contributed by atoms with van der Waals surface area (Å²) in [6.45, 7) is 8.85. The molecular formula is C31H55O3S-. The molecule has 1 aromatic carbocycles. The van der Waals surface area contributed by atoms with Crippen molar-refractivity contribution < 1.29 is 13.0 Å². The molecule has 0 saturated heterocycles. The molecule has 0 aliphatic heterocycles. The minimum Gasteiger partial charge on any atom is -0.744 e. The van der Waals surface area contributed by atoms with Crippen molar-refractivity contribution in [1.29, 1.82) is 0 Å². The van der Waals surface area contributed by atoms with E-state index in [1.54, 1.807) is 6.07 Å². The van der Waals surface area contributed by atoms with Gasteiger partial charge in [0, 0.05) is 0 Å². The Morgan fingerprint density at radius 2 is 0.943 bits per heavy atom. The van der Waals surface area contributed by atoms with Crippen LogP contribution in [0, 0.1) is 6.92 Å². The third kappa shape index (κ3) is 13.3. The summed E-state index contributed by atoms with van der Waals surface area (Å²) in [6.07, 6.45) is 24.0. The summed E-state index contributed by atoms with van der Waals surface area (Å²) in [7, 11) is -4.48. The molecule has 0 amide bonds. The summed E-state index contributed by atoms with van der Waals surface area (Å²) >= 11 is 0. The largest absolute Gasteiger partial charge is 0.744 e. The third-order valence-electron chi connectivity index (χ3n) is 7.53. The van der Waals surface area contributed by atoms with Crippen molar-refractivity contribution in [2.45, 2.75) is 167 Å². The highest BCUT2D eigenvalue weighted by molar-refractivity contribution is 7.85. The maximum atomic E-state index is 12.4. The molecular weight excluding hydrogens is 452 g/mol. The first-order chi connectivity index (χ1) is 16.9. The minimum atomic E-state index is -4.48. The molecule has 0 bridgehead atoms. The van der Waals surface area contributed by atoms with E-state index in [0.717, 1.165) is 49.7 Å². The molecule has 3 nitrogen and oxygen atoms in total. The average molecular weight is 508 g/mol. The van der Waals surface area contributed by atoms with Crippen molar-refractivity contribution in [2.75, 3.05) is 0 Å². The van der Waals surface area contributed by atoms with Crippen LogP contribution in [0.15, 0.2) is 11.0 Å². The molecule has 0 aliphatic rings. The van der Waals surface area contributed by atoms with Gasteiger partial charge in [-0.2, -0.15) is 0 Å². The molecule has 0 atom stereocenters. The van der Waals surface area contributed by atoms with E-state index in [1.807, 2.05) is 0 Å². The van der Waals surface area contributed by atoms with E-state index in [4.69, 9.17) is 0 Å². The van der Waals surface area contributed by atoms with E-state index in [2.05, 4.69) is 27.7 Å². The van der Waals surface area contributed by atoms with E-state index < -0.39 is 10.1 Å². The van der Waals surface area contributed by atoms with Crippen LogP contribution in [0.2, 0.25) is 0 Å². The van der Waals surface area contributed by atoms with Gasteiger partial charge in [0.05, 0.1) is 4.90 Å². The number of benzene rings is 1. The van der Waals surface area contributed by atoms with Gasteiger partial charge in [0.25, 0.3) is 0 Å². The molecule has 4 heteroatoms. The normalized spacial score (nSPS) is 11.9. The maximum Gasteiger partial charge on any atom is 0.124 e. The molecule has 0 spiro atoms. The van der Waals surface area contributed by atoms with Crippen LogP contribution >= 0.6 is 0 Å². The zero-order chi connectivity index (χ0) is 25.9. The van der Waals surface area contributed by atoms with Crippen molar-refractivity contribution >= 4 is 10.1 Å². The summed E-state index contributed by atoms with van der Waals surface area (Å²) in [5.74, 6) is 0. The molecule has 0 N–H and O–H groups in total. The monoisotopic (exact) mass is 507 g/mol. The molecule has 0 aromatic heterocycles. The average Bonchev–Trinajstić information content (AvgIpc) is 2.82. The number of aryl methyl sites for hydroxylation is 1. The zero-order valence-electron chi connectivity index (χ0n) is 23.6. The van der Waals surface area contributed by atoms with Gasteiger partial charge in [0.1, 0.15) is 10.1 Å². The summed E-state index contributed by atoms with van der Waals surface area (Å²) in [5.41, 5.74) is 4.35. The molecule has 0 radical (unpaired) electrons. The quantitative estimate of drug-likeness (QED) is 0.116. The summed E-state index contributed by atoms with van der Waals surface area (Å²) in [6, 6.07) is 1.75. The fraction of sp³-hybridized carbons (Fsp3) is 0.806. The molecule has 0 unspecified atom stereocenters. The Kier molecular flexibility index (Phi) is 17.7. The Morgan fingerprint density at radius 3 is 1.37 bits per heavy atom. The van der Waals surface area contributed by atoms with Crippen LogP contribution in [0.25, 0.3) is 0 Å². The summed E-state index contributed by atoms with van der Waals surface area (Å²) in [5, 5.41) is 0. The van der Waals surface area contributed by atoms with Crippen LogP contribution in [-0.2, 0) is 29.4 Å². The fourth-order valence-corrected chi connectivity index (χ4v) is 6.09. The molecule has 35 heavy (non-hydrogen) atoms. The van der Waals surface area contributed by atoms with Crippen LogP contribution in [0.4, 0.5) is 0 Å². The zero-order valence-corrected chi connectivity index (χ0v) is 24.4. The molecule has 1 aromatic rings. The van der Waals surface area contributed by atoms with Crippen LogP contribution in [0.1, 0.15) is 159 Å². The van der Waals surface area contributed by atoms with Gasteiger partial charge in [-0.25, -0.2) is 8.42 Å². The Labute approximate surface area is 218 Å². The van der Waals surface area contributed by atoms with Crippen molar-refractivity contribution in [3.63, 3.8) is 0 Å². The Bertz CT molecular complexity index is 783. The van der Waals surface area contributed by atoms with Gasteiger partial charge in [-0.1, -0.05) is 117 Å². The standard InChI is InChI=1S/C31H56O3S/c1-5-8-11-14-17-20-23-28-26-31(35(32,33)34)30(25-22-19-16-13-10-7-3)29(27(28)4)24-21-18-15-12-9-6-2/h26H,5-25H2,1-4H3,(H,32,33,34)/p-1. The van der Waals surface area contributed by atoms with Crippen LogP contribution < -0.4 is 0 Å². The van der Waals surface area contributed by atoms with E-state index in [-0.39, 0.29) is 4.90 Å². The predicted molar refractivity (Wildman–Crippen MR) is 150 cm³/mol. The van der Waals surface area contributed by atoms with Crippen molar-refractivity contribution in [3.8, 4) is 0 Å². The van der Waals surface area contributed by atoms with Crippen molar-refractivity contribution in [1.82, 2.24) is 0 Å². The van der Waals surface area contributed by atoms with E-state index in [1.165, 1.54) is 101 Å². The summed E-state index contributed by atoms with van der Waals surface area (Å²) in [4.78, 5) is 0.0821. The van der Waals surface area contributed by atoms with Gasteiger partial charge in [-0.15, -0.1) is 0 Å². The Morgan fingerprint density at radius 1 is 0.571 bits per heavy atom. The second kappa shape index (κ2) is 19.3. The third-order valence-corrected chi connectivity index (χ3v) is 8.43. The van der Waals surface area contributed by atoms with Gasteiger partial charge in [0.2, 0.25) is 0 Å². The second-order valence-electron chi connectivity index (χ2n) is 10.6. The van der Waals surface area contributed by atoms with Gasteiger partial charge >= 0.3 is 0 Å². The molecule has 0 heterocycles. The number of hydrogen-bond donors (Lipinski definition) is 0. The second-order valence-corrected chi connectivity index (χ2v) is 12.0. The highest BCUT2D eigenvalue weighted by Gasteiger charge is 2.19. The summed E-state index contributed by atoms with van der Waals surface area (Å²) < 4.78 is 37.2. The number of hydrogen-bond acceptors (Lipinski definition) is 3. The first-order valence-electron chi connectivity index (χ1n) is 15.0. The molecule has 204 valence electrons. The molecule has 0 aliphatic carbocycles. The lowest BCUT2D eigenvalue weighted by Crippen LogP contribution is -2.11. The lowest BCUT2D eigenvalue weighted by Gasteiger charge is -2.23. The van der Waals surface area contributed by atoms with Crippen molar-refractivity contribution in [3.05, 3.63) is 28.3 Å². The minimum absolute atomic E-state index is 0.0821. The predicted octanol–water partition coefficient (Wildman–Crippen LogP) is 9.61. The molecule has 1 rings (SSSR count). The fourth-order valence-electron chi connectivity index (χ4n) is 5.28. The SMILES string of the molecule is CCCCCCCCc1cc(S(=O)(=O)[O-])c(CCCCCCCC)c(CCCCCCCC)c1C. The van der Waals surface area contributed by atoms with Gasteiger partial charge < -0.3 is 4.55 Å². The van der Waals surface area contributed by atoms with Crippen LogP contribution in [-0.4, -0.2) is 13.0 Å². The van der Waals surface area contributed by atoms with E-state index >= 15 is 0 Å². The van der Waals surface area contributed by atoms with Gasteiger partial charge in [-0.3, -0.25) is 0 Å². The van der Waals surface area contributed by atoms with Gasteiger partial charge in [-0.05, 0) is 73.8 Å². The first-order valence-corrected chi connectivity index (χ1v) is 16.4. The first kappa shape index (κ1) is 32.2. The number of unbranched alkanes of at least 4 members (excludes halogenated alkanes) is 15. The van der Waals surface area contributed by atoms with Crippen LogP contribution in [0.3, 0.4) is 0 Å². The Hall–Kier alpha value is -0.870. The smallest absolute Gasteiger partial charge is 0.124 e. The molecule has 0 fully saturated rings. The lowest BCUT2D eigenvalue weighted by atomic mass is 9.88. The van der Waals surface area contributed by atoms with E-state index in [0.29, 0.717) is 6.42 Å². The molecule has 0 saturated carbocycles. The Balaban J connectivity index is 3.05.